The van der Waals surface area contributed by atoms with Crippen molar-refractivity contribution in [1.82, 2.24) is 0 Å². The highest BCUT2D eigenvalue weighted by atomic mass is 16.7. The van der Waals surface area contributed by atoms with Crippen LogP contribution in [0.1, 0.15) is 98.0 Å². The lowest BCUT2D eigenvalue weighted by molar-refractivity contribution is -0.139. The van der Waals surface area contributed by atoms with Crippen molar-refractivity contribution in [2.75, 3.05) is 19.8 Å². The number of carboxylic acids is 1. The molecule has 238 valence electrons. The maximum absolute atomic E-state index is 12.4. The van der Waals surface area contributed by atoms with E-state index in [1.807, 2.05) is 34.6 Å². The number of carbonyl (C=O) groups is 4. The molecule has 1 aromatic carbocycles. The first-order valence-electron chi connectivity index (χ1n) is 14.4. The predicted octanol–water partition coefficient (Wildman–Crippen LogP) is 6.57. The first-order valence-corrected chi connectivity index (χ1v) is 14.4. The molecule has 0 saturated heterocycles. The molecule has 2 unspecified atom stereocenters. The van der Waals surface area contributed by atoms with Crippen molar-refractivity contribution in [2.24, 2.45) is 11.1 Å². The molecule has 0 aliphatic heterocycles. The minimum atomic E-state index is -1.41. The summed E-state index contributed by atoms with van der Waals surface area (Å²) in [4.78, 5) is 48.7. The van der Waals surface area contributed by atoms with Crippen LogP contribution in [0.5, 0.6) is 11.5 Å². The van der Waals surface area contributed by atoms with Gasteiger partial charge in [0.2, 0.25) is 0 Å². The van der Waals surface area contributed by atoms with Gasteiger partial charge in [-0.2, -0.15) is 0 Å². The van der Waals surface area contributed by atoms with Crippen molar-refractivity contribution in [3.63, 3.8) is 0 Å². The Bertz CT molecular complexity index is 1010. The smallest absolute Gasteiger partial charge is 0.480 e. The molecule has 3 atom stereocenters. The number of hydrogen-bond donors (Lipinski definition) is 2. The van der Waals surface area contributed by atoms with Crippen molar-refractivity contribution in [2.45, 2.75) is 105 Å². The Morgan fingerprint density at radius 2 is 1.38 bits per heavy atom. The molecule has 0 aromatic heterocycles. The van der Waals surface area contributed by atoms with Crippen molar-refractivity contribution in [1.29, 1.82) is 0 Å². The zero-order valence-electron chi connectivity index (χ0n) is 25.6. The number of nitrogens with two attached hydrogens (primary N) is 1. The van der Waals surface area contributed by atoms with Crippen LogP contribution in [0.15, 0.2) is 18.2 Å². The third-order valence-electron chi connectivity index (χ3n) is 5.94. The van der Waals surface area contributed by atoms with Gasteiger partial charge in [-0.1, -0.05) is 66.4 Å². The van der Waals surface area contributed by atoms with E-state index in [-0.39, 0.29) is 43.2 Å². The molecule has 0 radical (unpaired) electrons. The van der Waals surface area contributed by atoms with Crippen molar-refractivity contribution in [3.8, 4) is 11.5 Å². The monoisotopic (exact) mass is 597 g/mol. The summed E-state index contributed by atoms with van der Waals surface area (Å²) in [5, 5.41) is 9.68. The second kappa shape index (κ2) is 18.8. The minimum Gasteiger partial charge on any atom is -0.480 e. The first-order chi connectivity index (χ1) is 19.8. The van der Waals surface area contributed by atoms with E-state index in [4.69, 9.17) is 34.2 Å². The average Bonchev–Trinajstić information content (AvgIpc) is 2.91. The van der Waals surface area contributed by atoms with E-state index in [2.05, 4.69) is 0 Å². The summed E-state index contributed by atoms with van der Waals surface area (Å²) in [6, 6.07) is 2.75. The maximum atomic E-state index is 12.4. The number of aliphatic carboxylic acids is 1. The predicted molar refractivity (Wildman–Crippen MR) is 154 cm³/mol. The van der Waals surface area contributed by atoms with E-state index in [0.717, 1.165) is 25.7 Å². The highest BCUT2D eigenvalue weighted by Gasteiger charge is 2.31. The Hall–Kier alpha value is -3.54. The topological polar surface area (TPSA) is 170 Å². The molecule has 1 aromatic rings. The van der Waals surface area contributed by atoms with Crippen LogP contribution in [0.25, 0.3) is 0 Å². The molecule has 12 nitrogen and oxygen atoms in total. The molecular formula is C30H47NO11. The van der Waals surface area contributed by atoms with Gasteiger partial charge in [-0.3, -0.25) is 4.79 Å². The van der Waals surface area contributed by atoms with Gasteiger partial charge in [0, 0.05) is 5.92 Å². The minimum absolute atomic E-state index is 0.00133. The lowest BCUT2D eigenvalue weighted by Gasteiger charge is -2.25. The number of unbranched alkanes of at least 4 members (excludes halogenated alkanes) is 4. The van der Waals surface area contributed by atoms with E-state index in [1.165, 1.54) is 18.2 Å². The molecule has 0 saturated carbocycles. The second-order valence-electron chi connectivity index (χ2n) is 11.3. The molecule has 0 aliphatic rings. The van der Waals surface area contributed by atoms with Crippen molar-refractivity contribution >= 4 is 24.4 Å². The Morgan fingerprint density at radius 1 is 0.833 bits per heavy atom. The average molecular weight is 598 g/mol. The third-order valence-corrected chi connectivity index (χ3v) is 5.94. The Balaban J connectivity index is 3.20. The largest absolute Gasteiger partial charge is 0.513 e. The SMILES string of the molecule is CCCCCOC(=O)Oc1ccc(C(CC(C)OC(=O)OCC(C)(C)C)[C@H](N)C(=O)O)cc1OC(=O)OCCCCC. The van der Waals surface area contributed by atoms with Gasteiger partial charge >= 0.3 is 24.4 Å². The Morgan fingerprint density at radius 3 is 1.88 bits per heavy atom. The highest BCUT2D eigenvalue weighted by Crippen LogP contribution is 2.35. The Labute approximate surface area is 248 Å². The van der Waals surface area contributed by atoms with Crippen LogP contribution in [0.4, 0.5) is 14.4 Å². The fraction of sp³-hybridized carbons (Fsp3) is 0.667. The van der Waals surface area contributed by atoms with Crippen molar-refractivity contribution in [3.05, 3.63) is 23.8 Å². The van der Waals surface area contributed by atoms with Gasteiger partial charge in [-0.05, 0) is 49.3 Å². The summed E-state index contributed by atoms with van der Waals surface area (Å²) >= 11 is 0. The van der Waals surface area contributed by atoms with Crippen molar-refractivity contribution < 1.29 is 52.7 Å². The number of benzene rings is 1. The molecule has 3 N–H and O–H groups in total. The zero-order valence-corrected chi connectivity index (χ0v) is 25.6. The van der Waals surface area contributed by atoms with Crippen LogP contribution in [0.3, 0.4) is 0 Å². The van der Waals surface area contributed by atoms with Crippen LogP contribution >= 0.6 is 0 Å². The van der Waals surface area contributed by atoms with E-state index in [0.29, 0.717) is 18.4 Å². The number of carboxylic acid groups (broad SMARTS) is 1. The summed E-state index contributed by atoms with van der Waals surface area (Å²) < 4.78 is 31.3. The highest BCUT2D eigenvalue weighted by molar-refractivity contribution is 5.75. The van der Waals surface area contributed by atoms with Gasteiger partial charge in [0.25, 0.3) is 0 Å². The zero-order chi connectivity index (χ0) is 31.7. The Kier molecular flexibility index (Phi) is 16.3. The molecule has 42 heavy (non-hydrogen) atoms. The van der Waals surface area contributed by atoms with Gasteiger partial charge in [0.15, 0.2) is 11.5 Å². The molecule has 0 bridgehead atoms. The van der Waals surface area contributed by atoms with E-state index in [1.54, 1.807) is 6.92 Å². The van der Waals surface area contributed by atoms with E-state index >= 15 is 0 Å². The molecule has 1 rings (SSSR count). The van der Waals surface area contributed by atoms with Gasteiger partial charge in [0.1, 0.15) is 12.1 Å². The molecular weight excluding hydrogens is 550 g/mol. The molecule has 12 heteroatoms. The lowest BCUT2D eigenvalue weighted by Crippen LogP contribution is -2.38. The fourth-order valence-corrected chi connectivity index (χ4v) is 3.71. The van der Waals surface area contributed by atoms with Crippen LogP contribution in [-0.4, -0.2) is 61.5 Å². The number of hydrogen-bond acceptors (Lipinski definition) is 11. The van der Waals surface area contributed by atoms with Gasteiger partial charge in [-0.15, -0.1) is 0 Å². The van der Waals surface area contributed by atoms with Crippen LogP contribution < -0.4 is 15.2 Å². The molecule has 0 heterocycles. The number of rotatable bonds is 17. The normalized spacial score (nSPS) is 13.3. The first kappa shape index (κ1) is 36.5. The molecule has 0 fully saturated rings. The van der Waals surface area contributed by atoms with Gasteiger partial charge < -0.3 is 39.3 Å². The summed E-state index contributed by atoms with van der Waals surface area (Å²) in [5.41, 5.74) is 6.09. The summed E-state index contributed by atoms with van der Waals surface area (Å²) in [6.45, 7) is 11.7. The summed E-state index contributed by atoms with van der Waals surface area (Å²) in [6.07, 6.45) is 1.23. The third kappa shape index (κ3) is 14.9. The fourth-order valence-electron chi connectivity index (χ4n) is 3.71. The standard InChI is InChI=1S/C30H47NO11/c1-7-9-11-15-37-27(34)41-23-14-13-21(18-24(23)42-28(35)38-16-12-10-8-2)22(25(31)26(32)33)17-20(3)40-29(36)39-19-30(4,5)6/h13-14,18,20,22,25H,7-12,15-17,19,31H2,1-6H3,(H,32,33)/t20?,22?,25-/m0/s1. The van der Waals surface area contributed by atoms with Gasteiger partial charge in [-0.25, -0.2) is 14.4 Å². The van der Waals surface area contributed by atoms with Gasteiger partial charge in [0.05, 0.1) is 19.8 Å². The lowest BCUT2D eigenvalue weighted by atomic mass is 9.87. The van der Waals surface area contributed by atoms with Crippen LogP contribution in [-0.2, 0) is 23.7 Å². The van der Waals surface area contributed by atoms with Crippen LogP contribution in [0, 0.1) is 5.41 Å². The van der Waals surface area contributed by atoms with E-state index in [9.17, 15) is 24.3 Å². The summed E-state index contributed by atoms with van der Waals surface area (Å²) in [5.74, 6) is -2.52. The van der Waals surface area contributed by atoms with Crippen LogP contribution in [0.2, 0.25) is 0 Å². The second-order valence-corrected chi connectivity index (χ2v) is 11.3. The number of ether oxygens (including phenoxy) is 6. The maximum Gasteiger partial charge on any atom is 0.513 e. The molecule has 0 spiro atoms. The quantitative estimate of drug-likeness (QED) is 0.0858. The number of carbonyl (C=O) groups excluding carboxylic acids is 3. The van der Waals surface area contributed by atoms with E-state index < -0.39 is 42.5 Å². The summed E-state index contributed by atoms with van der Waals surface area (Å²) in [7, 11) is 0. The molecule has 0 amide bonds. The molecule has 0 aliphatic carbocycles.